The van der Waals surface area contributed by atoms with Crippen molar-refractivity contribution in [3.8, 4) is 0 Å². The number of hydrogen-bond donors (Lipinski definition) is 2. The van der Waals surface area contributed by atoms with Gasteiger partial charge in [-0.25, -0.2) is 19.8 Å². The fourth-order valence-electron chi connectivity index (χ4n) is 3.23. The Labute approximate surface area is 142 Å². The van der Waals surface area contributed by atoms with Crippen LogP contribution in [0.25, 0.3) is 10.9 Å². The van der Waals surface area contributed by atoms with E-state index in [4.69, 9.17) is 5.14 Å². The van der Waals surface area contributed by atoms with Crippen molar-refractivity contribution in [1.29, 1.82) is 0 Å². The minimum absolute atomic E-state index is 0.0503. The van der Waals surface area contributed by atoms with E-state index in [-0.39, 0.29) is 5.41 Å². The highest BCUT2D eigenvalue weighted by molar-refractivity contribution is 7.87. The summed E-state index contributed by atoms with van der Waals surface area (Å²) in [6, 6.07) is 4.23. The molecule has 1 fully saturated rings. The van der Waals surface area contributed by atoms with Crippen LogP contribution in [-0.4, -0.2) is 38.0 Å². The van der Waals surface area contributed by atoms with Crippen LogP contribution in [0, 0.1) is 19.3 Å². The maximum atomic E-state index is 11.0. The number of rotatable bonds is 5. The second-order valence-corrected chi connectivity index (χ2v) is 8.39. The zero-order valence-corrected chi connectivity index (χ0v) is 15.0. The average molecular weight is 349 g/mol. The maximum Gasteiger partial charge on any atom is 0.274 e. The van der Waals surface area contributed by atoms with Gasteiger partial charge in [-0.15, -0.1) is 0 Å². The number of aryl methyl sites for hydroxylation is 2. The minimum atomic E-state index is -3.62. The van der Waals surface area contributed by atoms with Crippen LogP contribution in [0.4, 0.5) is 5.82 Å². The molecule has 1 aliphatic heterocycles. The molecule has 130 valence electrons. The lowest BCUT2D eigenvalue weighted by molar-refractivity contribution is 0.224. The number of nitrogens with zero attached hydrogens (tertiary/aromatic N) is 3. The van der Waals surface area contributed by atoms with Crippen LogP contribution >= 0.6 is 0 Å². The molecule has 3 rings (SSSR count). The van der Waals surface area contributed by atoms with Gasteiger partial charge in [0, 0.05) is 30.4 Å². The summed E-state index contributed by atoms with van der Waals surface area (Å²) in [5.74, 6) is 0.944. The molecule has 3 N–H and O–H groups in total. The third-order valence-electron chi connectivity index (χ3n) is 4.71. The van der Waals surface area contributed by atoms with Crippen molar-refractivity contribution in [3.63, 3.8) is 0 Å². The lowest BCUT2D eigenvalue weighted by Crippen LogP contribution is -2.56. The van der Waals surface area contributed by atoms with Gasteiger partial charge in [0.05, 0.1) is 5.52 Å². The van der Waals surface area contributed by atoms with E-state index in [9.17, 15) is 8.42 Å². The second kappa shape index (κ2) is 5.94. The van der Waals surface area contributed by atoms with Gasteiger partial charge >= 0.3 is 0 Å². The first-order valence-corrected chi connectivity index (χ1v) is 9.46. The summed E-state index contributed by atoms with van der Waals surface area (Å²) in [6.07, 6.45) is 2.34. The van der Waals surface area contributed by atoms with E-state index in [0.717, 1.165) is 36.2 Å². The Kier molecular flexibility index (Phi) is 4.23. The Balaban J connectivity index is 1.74. The van der Waals surface area contributed by atoms with Gasteiger partial charge in [0.1, 0.15) is 12.1 Å². The monoisotopic (exact) mass is 349 g/mol. The van der Waals surface area contributed by atoms with E-state index in [1.165, 1.54) is 11.1 Å². The number of fused-ring (bicyclic) bond motifs is 1. The van der Waals surface area contributed by atoms with E-state index in [0.29, 0.717) is 6.54 Å². The van der Waals surface area contributed by atoms with Gasteiger partial charge in [0.15, 0.2) is 0 Å². The van der Waals surface area contributed by atoms with E-state index in [1.54, 1.807) is 6.33 Å². The highest BCUT2D eigenvalue weighted by Gasteiger charge is 2.39. The highest BCUT2D eigenvalue weighted by atomic mass is 32.2. The van der Waals surface area contributed by atoms with Gasteiger partial charge in [0.25, 0.3) is 10.2 Å². The molecular formula is C16H23N5O2S. The number of nitrogens with one attached hydrogen (secondary N) is 1. The highest BCUT2D eigenvalue weighted by Crippen LogP contribution is 2.38. The fraction of sp³-hybridized carbons (Fsp3) is 0.500. The van der Waals surface area contributed by atoms with Crippen LogP contribution in [0.1, 0.15) is 24.5 Å². The second-order valence-electron chi connectivity index (χ2n) is 7.01. The first-order chi connectivity index (χ1) is 11.2. The van der Waals surface area contributed by atoms with Gasteiger partial charge in [-0.3, -0.25) is 0 Å². The third-order valence-corrected chi connectivity index (χ3v) is 5.31. The van der Waals surface area contributed by atoms with Crippen molar-refractivity contribution in [3.05, 3.63) is 29.6 Å². The van der Waals surface area contributed by atoms with E-state index >= 15 is 0 Å². The summed E-state index contributed by atoms with van der Waals surface area (Å²) in [7, 11) is -3.62. The molecule has 1 saturated heterocycles. The molecule has 0 bridgehead atoms. The third kappa shape index (κ3) is 3.50. The van der Waals surface area contributed by atoms with Crippen LogP contribution in [0.15, 0.2) is 18.5 Å². The van der Waals surface area contributed by atoms with Crippen LogP contribution in [0.2, 0.25) is 0 Å². The van der Waals surface area contributed by atoms with E-state index in [2.05, 4.69) is 52.5 Å². The molecule has 0 amide bonds. The summed E-state index contributed by atoms with van der Waals surface area (Å²) in [5.41, 5.74) is 3.44. The molecule has 1 aromatic heterocycles. The topological polar surface area (TPSA) is 101 Å². The smallest absolute Gasteiger partial charge is 0.274 e. The molecule has 0 radical (unpaired) electrons. The molecule has 1 aliphatic rings. The summed E-state index contributed by atoms with van der Waals surface area (Å²) in [5, 5.41) is 6.03. The molecule has 2 aromatic rings. The molecule has 0 atom stereocenters. The molecule has 0 unspecified atom stereocenters. The summed E-state index contributed by atoms with van der Waals surface area (Å²) in [4.78, 5) is 11.1. The maximum absolute atomic E-state index is 11.0. The number of nitrogens with two attached hydrogens (primary N) is 1. The number of benzene rings is 1. The normalized spacial score (nSPS) is 17.1. The van der Waals surface area contributed by atoms with Crippen LogP contribution in [0.3, 0.4) is 0 Å². The van der Waals surface area contributed by atoms with E-state index in [1.807, 2.05) is 0 Å². The van der Waals surface area contributed by atoms with Gasteiger partial charge < -0.3 is 4.90 Å². The Bertz CT molecular complexity index is 875. The molecule has 0 aliphatic carbocycles. The summed E-state index contributed by atoms with van der Waals surface area (Å²) >= 11 is 0. The summed E-state index contributed by atoms with van der Waals surface area (Å²) < 4.78 is 24.3. The first-order valence-electron chi connectivity index (χ1n) is 7.91. The Morgan fingerprint density at radius 1 is 1.25 bits per heavy atom. The SMILES string of the molecule is Cc1cc2ncnc(N3CC(C)(CCNS(N)(=O)=O)C3)c2cc1C. The van der Waals surface area contributed by atoms with Crippen molar-refractivity contribution in [1.82, 2.24) is 14.7 Å². The number of aromatic nitrogens is 2. The quantitative estimate of drug-likeness (QED) is 0.846. The largest absolute Gasteiger partial charge is 0.355 e. The number of anilines is 1. The molecule has 1 aromatic carbocycles. The van der Waals surface area contributed by atoms with Crippen LogP contribution in [-0.2, 0) is 10.2 Å². The van der Waals surface area contributed by atoms with Gasteiger partial charge in [0.2, 0.25) is 0 Å². The number of hydrogen-bond acceptors (Lipinski definition) is 5. The van der Waals surface area contributed by atoms with Crippen molar-refractivity contribution in [2.75, 3.05) is 24.5 Å². The Morgan fingerprint density at radius 3 is 2.58 bits per heavy atom. The molecule has 8 heteroatoms. The molecular weight excluding hydrogens is 326 g/mol. The van der Waals surface area contributed by atoms with Crippen molar-refractivity contribution < 1.29 is 8.42 Å². The molecule has 0 spiro atoms. The van der Waals surface area contributed by atoms with Crippen LogP contribution in [0.5, 0.6) is 0 Å². The van der Waals surface area contributed by atoms with Gasteiger partial charge in [-0.2, -0.15) is 8.42 Å². The fourth-order valence-corrected chi connectivity index (χ4v) is 3.62. The molecule has 24 heavy (non-hydrogen) atoms. The standard InChI is InChI=1S/C16H23N5O2S/c1-11-6-13-14(7-12(11)2)18-10-19-15(13)21-8-16(3,9-21)4-5-20-24(17,22)23/h6-7,10,20H,4-5,8-9H2,1-3H3,(H2,17,22,23). The van der Waals surface area contributed by atoms with E-state index < -0.39 is 10.2 Å². The average Bonchev–Trinajstić information content (AvgIpc) is 2.44. The van der Waals surface area contributed by atoms with Crippen molar-refractivity contribution >= 4 is 26.9 Å². The molecule has 2 heterocycles. The first kappa shape index (κ1) is 17.1. The van der Waals surface area contributed by atoms with Crippen molar-refractivity contribution in [2.45, 2.75) is 27.2 Å². The molecule has 7 nitrogen and oxygen atoms in total. The van der Waals surface area contributed by atoms with Gasteiger partial charge in [-0.05, 0) is 43.5 Å². The molecule has 0 saturated carbocycles. The zero-order chi connectivity index (χ0) is 17.5. The predicted octanol–water partition coefficient (Wildman–Crippen LogP) is 1.26. The Hall–Kier alpha value is -1.77. The summed E-state index contributed by atoms with van der Waals surface area (Å²) in [6.45, 7) is 8.33. The predicted molar refractivity (Wildman–Crippen MR) is 95.1 cm³/mol. The van der Waals surface area contributed by atoms with Gasteiger partial charge in [-0.1, -0.05) is 6.92 Å². The lowest BCUT2D eigenvalue weighted by Gasteiger charge is -2.49. The lowest BCUT2D eigenvalue weighted by atomic mass is 9.79. The zero-order valence-electron chi connectivity index (χ0n) is 14.2. The Morgan fingerprint density at radius 2 is 1.92 bits per heavy atom. The van der Waals surface area contributed by atoms with Crippen molar-refractivity contribution in [2.24, 2.45) is 10.6 Å². The minimum Gasteiger partial charge on any atom is -0.355 e. The van der Waals surface area contributed by atoms with Crippen LogP contribution < -0.4 is 14.8 Å².